The number of methoxy groups -OCH3 is 2. The van der Waals surface area contributed by atoms with Crippen LogP contribution in [0.15, 0.2) is 101 Å². The third kappa shape index (κ3) is 7.01. The summed E-state index contributed by atoms with van der Waals surface area (Å²) >= 11 is 0. The molecular weight excluding hydrogens is 578 g/mol. The average Bonchev–Trinajstić information content (AvgIpc) is 2.96. The van der Waals surface area contributed by atoms with E-state index in [9.17, 15) is 21.6 Å². The largest absolute Gasteiger partial charge is 0.497 e. The molecule has 4 aromatic carbocycles. The average molecular weight is 610 g/mol. The number of hydrogen-bond acceptors (Lipinski definition) is 7. The number of carbonyl (C=O) groups excluding carboxylic acids is 1. The van der Waals surface area contributed by atoms with Crippen LogP contribution in [0.4, 0.5) is 17.1 Å². The van der Waals surface area contributed by atoms with Crippen molar-refractivity contribution in [3.05, 3.63) is 102 Å². The number of rotatable bonds is 11. The Balaban J connectivity index is 1.54. The molecule has 0 unspecified atom stereocenters. The van der Waals surface area contributed by atoms with Crippen LogP contribution in [0.1, 0.15) is 11.1 Å². The zero-order valence-corrected chi connectivity index (χ0v) is 25.1. The minimum absolute atomic E-state index is 0.0315. The second-order valence-electron chi connectivity index (χ2n) is 9.40. The summed E-state index contributed by atoms with van der Waals surface area (Å²) in [5, 5.41) is 2.65. The van der Waals surface area contributed by atoms with E-state index in [-0.39, 0.29) is 21.2 Å². The number of aryl methyl sites for hydroxylation is 2. The highest BCUT2D eigenvalue weighted by atomic mass is 32.2. The molecule has 42 heavy (non-hydrogen) atoms. The SMILES string of the molecule is COc1ccc(N(CC(=O)Nc2ccc(S(=O)(=O)Nc3cc(C)ccc3OC)cc2)S(=O)(=O)c2ccc(C)cc2)cc1. The van der Waals surface area contributed by atoms with Crippen LogP contribution in [-0.4, -0.2) is 43.5 Å². The number of benzene rings is 4. The van der Waals surface area contributed by atoms with E-state index in [4.69, 9.17) is 9.47 Å². The molecule has 220 valence electrons. The maximum atomic E-state index is 13.6. The van der Waals surface area contributed by atoms with Gasteiger partial charge in [0.05, 0.1) is 35.4 Å². The predicted octanol–water partition coefficient (Wildman–Crippen LogP) is 4.96. The molecule has 0 radical (unpaired) electrons. The summed E-state index contributed by atoms with van der Waals surface area (Å²) in [5.74, 6) is 0.274. The van der Waals surface area contributed by atoms with E-state index in [2.05, 4.69) is 10.0 Å². The van der Waals surface area contributed by atoms with Crippen LogP contribution in [-0.2, 0) is 24.8 Å². The first kappa shape index (κ1) is 30.4. The molecule has 1 amide bonds. The molecule has 0 saturated heterocycles. The van der Waals surface area contributed by atoms with Gasteiger partial charge < -0.3 is 14.8 Å². The van der Waals surface area contributed by atoms with Crippen molar-refractivity contribution in [3.8, 4) is 11.5 Å². The molecule has 0 spiro atoms. The molecule has 0 aromatic heterocycles. The number of nitrogens with zero attached hydrogens (tertiary/aromatic N) is 1. The molecule has 0 saturated carbocycles. The molecule has 4 aromatic rings. The van der Waals surface area contributed by atoms with Crippen LogP contribution >= 0.6 is 0 Å². The van der Waals surface area contributed by atoms with Crippen molar-refractivity contribution in [3.63, 3.8) is 0 Å². The Morgan fingerprint density at radius 2 is 1.33 bits per heavy atom. The van der Waals surface area contributed by atoms with Gasteiger partial charge in [-0.05, 0) is 92.2 Å². The van der Waals surface area contributed by atoms with Crippen molar-refractivity contribution in [2.24, 2.45) is 0 Å². The summed E-state index contributed by atoms with van der Waals surface area (Å²) in [5.41, 5.74) is 2.59. The van der Waals surface area contributed by atoms with Crippen LogP contribution in [0, 0.1) is 13.8 Å². The van der Waals surface area contributed by atoms with E-state index in [1.807, 2.05) is 13.8 Å². The fraction of sp³-hybridized carbons (Fsp3) is 0.167. The topological polar surface area (TPSA) is 131 Å². The van der Waals surface area contributed by atoms with Gasteiger partial charge in [-0.25, -0.2) is 16.8 Å². The molecule has 0 aliphatic heterocycles. The second kappa shape index (κ2) is 12.5. The van der Waals surface area contributed by atoms with E-state index >= 15 is 0 Å². The zero-order valence-electron chi connectivity index (χ0n) is 23.5. The molecule has 4 rings (SSSR count). The van der Waals surface area contributed by atoms with Gasteiger partial charge in [-0.1, -0.05) is 23.8 Å². The fourth-order valence-electron chi connectivity index (χ4n) is 4.05. The molecule has 0 aliphatic rings. The van der Waals surface area contributed by atoms with Crippen molar-refractivity contribution in [1.82, 2.24) is 0 Å². The maximum Gasteiger partial charge on any atom is 0.264 e. The number of anilines is 3. The first-order chi connectivity index (χ1) is 19.9. The lowest BCUT2D eigenvalue weighted by Crippen LogP contribution is -2.38. The van der Waals surface area contributed by atoms with Crippen molar-refractivity contribution < 1.29 is 31.1 Å². The molecule has 10 nitrogen and oxygen atoms in total. The van der Waals surface area contributed by atoms with Crippen LogP contribution in [0.25, 0.3) is 0 Å². The van der Waals surface area contributed by atoms with E-state index in [1.165, 1.54) is 50.6 Å². The standard InChI is InChI=1S/C30H31N3O7S2/c1-21-5-14-27(15-6-21)42(37,38)33(24-10-12-25(39-3)13-11-24)20-30(34)31-23-8-16-26(17-9-23)41(35,36)32-28-19-22(2)7-18-29(28)40-4/h5-19,32H,20H2,1-4H3,(H,31,34). The smallest absolute Gasteiger partial charge is 0.264 e. The molecule has 2 N–H and O–H groups in total. The van der Waals surface area contributed by atoms with Crippen molar-refractivity contribution >= 4 is 43.0 Å². The first-order valence-corrected chi connectivity index (χ1v) is 15.7. The van der Waals surface area contributed by atoms with Crippen molar-refractivity contribution in [2.75, 3.05) is 35.1 Å². The van der Waals surface area contributed by atoms with Gasteiger partial charge in [0.2, 0.25) is 5.91 Å². The Labute approximate surface area is 246 Å². The van der Waals surface area contributed by atoms with Gasteiger partial charge in [0.1, 0.15) is 18.0 Å². The summed E-state index contributed by atoms with van der Waals surface area (Å²) in [6.07, 6.45) is 0. The Morgan fingerprint density at radius 1 is 0.738 bits per heavy atom. The van der Waals surface area contributed by atoms with Crippen molar-refractivity contribution in [1.29, 1.82) is 0 Å². The zero-order chi connectivity index (χ0) is 30.5. The van der Waals surface area contributed by atoms with Gasteiger partial charge in [0, 0.05) is 5.69 Å². The molecule has 0 atom stereocenters. The highest BCUT2D eigenvalue weighted by molar-refractivity contribution is 7.93. The lowest BCUT2D eigenvalue weighted by Gasteiger charge is -2.24. The van der Waals surface area contributed by atoms with E-state index in [1.54, 1.807) is 54.6 Å². The summed E-state index contributed by atoms with van der Waals surface area (Å²) in [4.78, 5) is 13.1. The minimum atomic E-state index is -4.11. The van der Waals surface area contributed by atoms with Gasteiger partial charge in [-0.2, -0.15) is 0 Å². The third-order valence-electron chi connectivity index (χ3n) is 6.30. The maximum absolute atomic E-state index is 13.6. The Hall–Kier alpha value is -4.55. The first-order valence-electron chi connectivity index (χ1n) is 12.7. The molecule has 0 heterocycles. The monoisotopic (exact) mass is 609 g/mol. The molecule has 12 heteroatoms. The number of amides is 1. The Kier molecular flexibility index (Phi) is 9.08. The number of sulfonamides is 2. The normalized spacial score (nSPS) is 11.4. The Morgan fingerprint density at radius 3 is 1.93 bits per heavy atom. The summed E-state index contributed by atoms with van der Waals surface area (Å²) < 4.78 is 67.1. The van der Waals surface area contributed by atoms with E-state index < -0.39 is 32.5 Å². The quantitative estimate of drug-likeness (QED) is 0.246. The molecule has 0 bridgehead atoms. The third-order valence-corrected chi connectivity index (χ3v) is 9.47. The van der Waals surface area contributed by atoms with Crippen LogP contribution < -0.4 is 23.8 Å². The summed E-state index contributed by atoms with van der Waals surface area (Å²) in [7, 11) is -5.13. The van der Waals surface area contributed by atoms with Crippen LogP contribution in [0.5, 0.6) is 11.5 Å². The van der Waals surface area contributed by atoms with Gasteiger partial charge in [0.25, 0.3) is 20.0 Å². The molecule has 0 fully saturated rings. The summed E-state index contributed by atoms with van der Waals surface area (Å²) in [6.45, 7) is 3.14. The second-order valence-corrected chi connectivity index (χ2v) is 12.9. The van der Waals surface area contributed by atoms with E-state index in [0.717, 1.165) is 15.4 Å². The van der Waals surface area contributed by atoms with Gasteiger partial charge >= 0.3 is 0 Å². The summed E-state index contributed by atoms with van der Waals surface area (Å²) in [6, 6.07) is 23.3. The van der Waals surface area contributed by atoms with E-state index in [0.29, 0.717) is 17.2 Å². The van der Waals surface area contributed by atoms with Crippen LogP contribution in [0.3, 0.4) is 0 Å². The molecule has 0 aliphatic carbocycles. The Bertz CT molecular complexity index is 1770. The minimum Gasteiger partial charge on any atom is -0.497 e. The van der Waals surface area contributed by atoms with Gasteiger partial charge in [-0.15, -0.1) is 0 Å². The highest BCUT2D eigenvalue weighted by Crippen LogP contribution is 2.29. The van der Waals surface area contributed by atoms with Gasteiger partial charge in [0.15, 0.2) is 0 Å². The highest BCUT2D eigenvalue weighted by Gasteiger charge is 2.27. The number of ether oxygens (including phenoxy) is 2. The number of hydrogen-bond donors (Lipinski definition) is 2. The predicted molar refractivity (Wildman–Crippen MR) is 162 cm³/mol. The van der Waals surface area contributed by atoms with Crippen LogP contribution in [0.2, 0.25) is 0 Å². The van der Waals surface area contributed by atoms with Gasteiger partial charge in [-0.3, -0.25) is 13.8 Å². The number of carbonyl (C=O) groups is 1. The fourth-order valence-corrected chi connectivity index (χ4v) is 6.54. The lowest BCUT2D eigenvalue weighted by atomic mass is 10.2. The van der Waals surface area contributed by atoms with Crippen molar-refractivity contribution in [2.45, 2.75) is 23.6 Å². The number of nitrogens with one attached hydrogen (secondary N) is 2. The lowest BCUT2D eigenvalue weighted by molar-refractivity contribution is -0.114. The molecular formula is C30H31N3O7S2.